The fourth-order valence-corrected chi connectivity index (χ4v) is 4.08. The molecule has 4 nitrogen and oxygen atoms in total. The third-order valence-corrected chi connectivity index (χ3v) is 5.63. The summed E-state index contributed by atoms with van der Waals surface area (Å²) in [5.74, 6) is 0. The lowest BCUT2D eigenvalue weighted by Crippen LogP contribution is -2.01. The number of hydrogen-bond acceptors (Lipinski definition) is 5. The van der Waals surface area contributed by atoms with Crippen LogP contribution in [0.3, 0.4) is 0 Å². The first-order chi connectivity index (χ1) is 9.46. The number of nitrogens with zero attached hydrogens (tertiary/aromatic N) is 1. The quantitative estimate of drug-likeness (QED) is 0.790. The van der Waals surface area contributed by atoms with Gasteiger partial charge < -0.3 is 5.73 Å². The van der Waals surface area contributed by atoms with Crippen LogP contribution in [0, 0.1) is 6.92 Å². The number of hydrogen-bond donors (Lipinski definition) is 1. The molecule has 3 aromatic rings. The van der Waals surface area contributed by atoms with Gasteiger partial charge in [-0.15, -0.1) is 0 Å². The van der Waals surface area contributed by atoms with Gasteiger partial charge in [-0.05, 0) is 37.3 Å². The maximum absolute atomic E-state index is 12.5. The summed E-state index contributed by atoms with van der Waals surface area (Å²) in [6, 6.07) is 11.7. The number of aryl methyl sites for hydroxylation is 1. The molecule has 2 aromatic carbocycles. The zero-order valence-electron chi connectivity index (χ0n) is 10.7. The second-order valence-corrected chi connectivity index (χ2v) is 7.51. The standard InChI is InChI=1S/C14H12N2O2S2/c1-9-2-4-10(5-3-9)20(17,18)11-6-7-12-13(8-11)19-14(15)16-12/h2-8H,1H3,(H2,15,16). The monoisotopic (exact) mass is 304 g/mol. The maximum Gasteiger partial charge on any atom is 0.206 e. The molecule has 3 rings (SSSR count). The average molecular weight is 304 g/mol. The molecule has 0 amide bonds. The van der Waals surface area contributed by atoms with Crippen molar-refractivity contribution in [1.82, 2.24) is 4.98 Å². The first-order valence-corrected chi connectivity index (χ1v) is 8.24. The highest BCUT2D eigenvalue weighted by atomic mass is 32.2. The van der Waals surface area contributed by atoms with Crippen molar-refractivity contribution in [3.05, 3.63) is 48.0 Å². The number of thiazole rings is 1. The van der Waals surface area contributed by atoms with Crippen molar-refractivity contribution in [3.63, 3.8) is 0 Å². The minimum Gasteiger partial charge on any atom is -0.375 e. The Kier molecular flexibility index (Phi) is 2.99. The molecule has 0 saturated heterocycles. The lowest BCUT2D eigenvalue weighted by molar-refractivity contribution is 0.596. The number of anilines is 1. The topological polar surface area (TPSA) is 73.0 Å². The summed E-state index contributed by atoms with van der Waals surface area (Å²) in [5, 5.41) is 0.435. The highest BCUT2D eigenvalue weighted by Gasteiger charge is 2.18. The van der Waals surface area contributed by atoms with Gasteiger partial charge in [-0.25, -0.2) is 13.4 Å². The van der Waals surface area contributed by atoms with E-state index in [1.54, 1.807) is 42.5 Å². The molecule has 0 fully saturated rings. The van der Waals surface area contributed by atoms with Gasteiger partial charge >= 0.3 is 0 Å². The molecule has 0 atom stereocenters. The Labute approximate surface area is 120 Å². The van der Waals surface area contributed by atoms with E-state index in [1.807, 2.05) is 6.92 Å². The SMILES string of the molecule is Cc1ccc(S(=O)(=O)c2ccc3nc(N)sc3c2)cc1. The summed E-state index contributed by atoms with van der Waals surface area (Å²) in [4.78, 5) is 4.68. The van der Waals surface area contributed by atoms with E-state index >= 15 is 0 Å². The predicted octanol–water partition coefficient (Wildman–Crippen LogP) is 3.02. The van der Waals surface area contributed by atoms with Crippen LogP contribution in [0.4, 0.5) is 5.13 Å². The van der Waals surface area contributed by atoms with Crippen LogP contribution in [0.1, 0.15) is 5.56 Å². The summed E-state index contributed by atoms with van der Waals surface area (Å²) in [5.41, 5.74) is 7.38. The summed E-state index contributed by atoms with van der Waals surface area (Å²) in [7, 11) is -3.50. The van der Waals surface area contributed by atoms with Gasteiger partial charge in [0.2, 0.25) is 9.84 Å². The fourth-order valence-electron chi connectivity index (χ4n) is 1.94. The van der Waals surface area contributed by atoms with Crippen LogP contribution in [-0.2, 0) is 9.84 Å². The summed E-state index contributed by atoms with van der Waals surface area (Å²) in [6.07, 6.45) is 0. The van der Waals surface area contributed by atoms with E-state index in [9.17, 15) is 8.42 Å². The Balaban J connectivity index is 2.15. The molecular formula is C14H12N2O2S2. The van der Waals surface area contributed by atoms with Gasteiger partial charge in [0.25, 0.3) is 0 Å². The lowest BCUT2D eigenvalue weighted by Gasteiger charge is -2.05. The van der Waals surface area contributed by atoms with Crippen LogP contribution in [0.2, 0.25) is 0 Å². The van der Waals surface area contributed by atoms with E-state index in [0.29, 0.717) is 10.0 Å². The highest BCUT2D eigenvalue weighted by Crippen LogP contribution is 2.29. The van der Waals surface area contributed by atoms with E-state index in [0.717, 1.165) is 15.8 Å². The maximum atomic E-state index is 12.5. The predicted molar refractivity (Wildman–Crippen MR) is 80.7 cm³/mol. The molecular weight excluding hydrogens is 292 g/mol. The molecule has 1 aromatic heterocycles. The number of nitrogen functional groups attached to an aromatic ring is 1. The van der Waals surface area contributed by atoms with Gasteiger partial charge in [-0.1, -0.05) is 29.0 Å². The van der Waals surface area contributed by atoms with Crippen LogP contribution in [0.15, 0.2) is 52.3 Å². The fraction of sp³-hybridized carbons (Fsp3) is 0.0714. The molecule has 2 N–H and O–H groups in total. The van der Waals surface area contributed by atoms with Crippen molar-refractivity contribution in [3.8, 4) is 0 Å². The Morgan fingerprint density at radius 3 is 2.40 bits per heavy atom. The Bertz CT molecular complexity index is 881. The highest BCUT2D eigenvalue weighted by molar-refractivity contribution is 7.91. The molecule has 0 aliphatic carbocycles. The second kappa shape index (κ2) is 4.57. The third-order valence-electron chi connectivity index (χ3n) is 3.02. The molecule has 20 heavy (non-hydrogen) atoms. The van der Waals surface area contributed by atoms with Crippen LogP contribution in [0.5, 0.6) is 0 Å². The molecule has 0 radical (unpaired) electrons. The molecule has 0 saturated carbocycles. The smallest absolute Gasteiger partial charge is 0.206 e. The van der Waals surface area contributed by atoms with Crippen LogP contribution in [0.25, 0.3) is 10.2 Å². The first-order valence-electron chi connectivity index (χ1n) is 5.95. The van der Waals surface area contributed by atoms with Crippen LogP contribution >= 0.6 is 11.3 Å². The second-order valence-electron chi connectivity index (χ2n) is 4.50. The van der Waals surface area contributed by atoms with Crippen molar-refractivity contribution in [1.29, 1.82) is 0 Å². The van der Waals surface area contributed by atoms with Crippen molar-refractivity contribution >= 4 is 36.5 Å². The third kappa shape index (κ3) is 2.17. The van der Waals surface area contributed by atoms with Gasteiger partial charge in [0.15, 0.2) is 5.13 Å². The van der Waals surface area contributed by atoms with Gasteiger partial charge in [0.1, 0.15) is 0 Å². The number of rotatable bonds is 2. The van der Waals surface area contributed by atoms with Crippen LogP contribution < -0.4 is 5.73 Å². The van der Waals surface area contributed by atoms with E-state index < -0.39 is 9.84 Å². The summed E-state index contributed by atoms with van der Waals surface area (Å²) in [6.45, 7) is 1.92. The largest absolute Gasteiger partial charge is 0.375 e. The summed E-state index contributed by atoms with van der Waals surface area (Å²) < 4.78 is 25.9. The van der Waals surface area contributed by atoms with E-state index in [-0.39, 0.29) is 4.90 Å². The zero-order valence-corrected chi connectivity index (χ0v) is 12.3. The molecule has 0 spiro atoms. The normalized spacial score (nSPS) is 11.8. The lowest BCUT2D eigenvalue weighted by atomic mass is 10.2. The number of benzene rings is 2. The van der Waals surface area contributed by atoms with Crippen molar-refractivity contribution in [2.45, 2.75) is 16.7 Å². The molecule has 1 heterocycles. The van der Waals surface area contributed by atoms with E-state index in [1.165, 1.54) is 11.3 Å². The molecule has 6 heteroatoms. The van der Waals surface area contributed by atoms with Crippen LogP contribution in [-0.4, -0.2) is 13.4 Å². The Morgan fingerprint density at radius 2 is 1.70 bits per heavy atom. The minimum atomic E-state index is -3.50. The average Bonchev–Trinajstić information content (AvgIpc) is 2.78. The summed E-state index contributed by atoms with van der Waals surface area (Å²) >= 11 is 1.28. The number of fused-ring (bicyclic) bond motifs is 1. The van der Waals surface area contributed by atoms with Gasteiger partial charge in [0, 0.05) is 0 Å². The van der Waals surface area contributed by atoms with Gasteiger partial charge in [-0.2, -0.15) is 0 Å². The van der Waals surface area contributed by atoms with E-state index in [2.05, 4.69) is 4.98 Å². The first kappa shape index (κ1) is 13.1. The zero-order chi connectivity index (χ0) is 14.3. The minimum absolute atomic E-state index is 0.262. The molecule has 102 valence electrons. The molecule has 0 aliphatic rings. The van der Waals surface area contributed by atoms with Crippen molar-refractivity contribution in [2.24, 2.45) is 0 Å². The number of sulfone groups is 1. The Morgan fingerprint density at radius 1 is 1.05 bits per heavy atom. The molecule has 0 bridgehead atoms. The molecule has 0 unspecified atom stereocenters. The van der Waals surface area contributed by atoms with Gasteiger partial charge in [-0.3, -0.25) is 0 Å². The van der Waals surface area contributed by atoms with Crippen molar-refractivity contribution < 1.29 is 8.42 Å². The Hall–Kier alpha value is -1.92. The number of nitrogens with two attached hydrogens (primary N) is 1. The van der Waals surface area contributed by atoms with Crippen molar-refractivity contribution in [2.75, 3.05) is 5.73 Å². The van der Waals surface area contributed by atoms with Gasteiger partial charge in [0.05, 0.1) is 20.0 Å². The molecule has 0 aliphatic heterocycles. The van der Waals surface area contributed by atoms with E-state index in [4.69, 9.17) is 5.73 Å². The number of aromatic nitrogens is 1.